The molecular formula is C21H40N4O6S. The average Bonchev–Trinajstić information content (AvgIpc) is 2.75. The van der Waals surface area contributed by atoms with E-state index < -0.39 is 54.0 Å². The molecule has 7 atom stereocenters. The highest BCUT2D eigenvalue weighted by atomic mass is 32.2. The summed E-state index contributed by atoms with van der Waals surface area (Å²) in [6.07, 6.45) is 2.19. The van der Waals surface area contributed by atoms with Crippen LogP contribution in [0.2, 0.25) is 0 Å². The summed E-state index contributed by atoms with van der Waals surface area (Å²) in [6, 6.07) is -4.20. The highest BCUT2D eigenvalue weighted by Crippen LogP contribution is 2.13. The summed E-state index contributed by atoms with van der Waals surface area (Å²) in [6.45, 7) is 8.52. The van der Waals surface area contributed by atoms with Crippen molar-refractivity contribution < 1.29 is 29.4 Å². The molecule has 0 bridgehead atoms. The SMILES string of the molecule is CCC(C)C(NC(=O)C(N)CCSC)C(=O)NC(C(=O)NC(C(=O)O)C(C)O)C(C)CC. The van der Waals surface area contributed by atoms with E-state index in [1.807, 2.05) is 27.0 Å². The van der Waals surface area contributed by atoms with Crippen molar-refractivity contribution in [3.63, 3.8) is 0 Å². The van der Waals surface area contributed by atoms with E-state index in [1.165, 1.54) is 6.92 Å². The first-order chi connectivity index (χ1) is 14.9. The zero-order valence-electron chi connectivity index (χ0n) is 19.9. The Bertz CT molecular complexity index is 633. The second-order valence-corrected chi connectivity index (χ2v) is 9.18. The molecule has 0 radical (unpaired) electrons. The summed E-state index contributed by atoms with van der Waals surface area (Å²) in [5, 5.41) is 26.5. The number of nitrogens with one attached hydrogen (secondary N) is 3. The third-order valence-electron chi connectivity index (χ3n) is 5.60. The topological polar surface area (TPSA) is 171 Å². The van der Waals surface area contributed by atoms with Crippen molar-refractivity contribution in [2.75, 3.05) is 12.0 Å². The minimum atomic E-state index is -1.51. The number of aliphatic hydroxyl groups excluding tert-OH is 1. The van der Waals surface area contributed by atoms with Gasteiger partial charge in [0.05, 0.1) is 12.1 Å². The summed E-state index contributed by atoms with van der Waals surface area (Å²) >= 11 is 1.57. The highest BCUT2D eigenvalue weighted by molar-refractivity contribution is 7.98. The van der Waals surface area contributed by atoms with Crippen molar-refractivity contribution in [2.45, 2.75) is 84.2 Å². The molecule has 0 aromatic rings. The zero-order valence-corrected chi connectivity index (χ0v) is 20.7. The second-order valence-electron chi connectivity index (χ2n) is 8.20. The number of carbonyl (C=O) groups excluding carboxylic acids is 3. The summed E-state index contributed by atoms with van der Waals surface area (Å²) < 4.78 is 0. The number of thioether (sulfide) groups is 1. The molecule has 11 heteroatoms. The van der Waals surface area contributed by atoms with Crippen LogP contribution in [-0.2, 0) is 19.2 Å². The van der Waals surface area contributed by atoms with Gasteiger partial charge in [0.1, 0.15) is 12.1 Å². The lowest BCUT2D eigenvalue weighted by Crippen LogP contribution is -2.60. The Hall–Kier alpha value is -1.85. The lowest BCUT2D eigenvalue weighted by atomic mass is 9.94. The first-order valence-electron chi connectivity index (χ1n) is 11.0. The minimum Gasteiger partial charge on any atom is -0.480 e. The second kappa shape index (κ2) is 15.1. The molecule has 0 rings (SSSR count). The molecule has 7 unspecified atom stereocenters. The molecule has 0 aromatic carbocycles. The molecule has 0 aromatic heterocycles. The monoisotopic (exact) mass is 476 g/mol. The van der Waals surface area contributed by atoms with Gasteiger partial charge in [0.15, 0.2) is 6.04 Å². The van der Waals surface area contributed by atoms with Crippen LogP contribution in [0, 0.1) is 11.8 Å². The molecule has 0 heterocycles. The van der Waals surface area contributed by atoms with Crippen LogP contribution in [0.1, 0.15) is 53.9 Å². The van der Waals surface area contributed by atoms with E-state index in [2.05, 4.69) is 16.0 Å². The van der Waals surface area contributed by atoms with Crippen molar-refractivity contribution in [3.05, 3.63) is 0 Å². The molecular weight excluding hydrogens is 436 g/mol. The lowest BCUT2D eigenvalue weighted by molar-refractivity contribution is -0.145. The van der Waals surface area contributed by atoms with Crippen LogP contribution in [0.5, 0.6) is 0 Å². The van der Waals surface area contributed by atoms with Crippen molar-refractivity contribution in [1.29, 1.82) is 0 Å². The van der Waals surface area contributed by atoms with Gasteiger partial charge in [-0.3, -0.25) is 14.4 Å². The summed E-state index contributed by atoms with van der Waals surface area (Å²) in [7, 11) is 0. The van der Waals surface area contributed by atoms with Crippen LogP contribution >= 0.6 is 11.8 Å². The molecule has 0 saturated carbocycles. The number of rotatable bonds is 15. The van der Waals surface area contributed by atoms with Crippen molar-refractivity contribution >= 4 is 35.5 Å². The molecule has 0 saturated heterocycles. The van der Waals surface area contributed by atoms with Crippen LogP contribution in [0.3, 0.4) is 0 Å². The van der Waals surface area contributed by atoms with Gasteiger partial charge in [-0.05, 0) is 37.2 Å². The van der Waals surface area contributed by atoms with E-state index >= 15 is 0 Å². The number of nitrogens with two attached hydrogens (primary N) is 1. The van der Waals surface area contributed by atoms with Gasteiger partial charge in [-0.1, -0.05) is 40.5 Å². The summed E-state index contributed by atoms with van der Waals surface area (Å²) in [5.41, 5.74) is 5.92. The first kappa shape index (κ1) is 30.1. The molecule has 0 aliphatic carbocycles. The predicted molar refractivity (Wildman–Crippen MR) is 125 cm³/mol. The maximum absolute atomic E-state index is 13.1. The molecule has 186 valence electrons. The molecule has 10 nitrogen and oxygen atoms in total. The number of carboxylic acid groups (broad SMARTS) is 1. The summed E-state index contributed by atoms with van der Waals surface area (Å²) in [5.74, 6) is -2.92. The highest BCUT2D eigenvalue weighted by Gasteiger charge is 2.35. The third-order valence-corrected chi connectivity index (χ3v) is 6.25. The zero-order chi connectivity index (χ0) is 25.0. The van der Waals surface area contributed by atoms with Gasteiger partial charge in [0.25, 0.3) is 0 Å². The standard InChI is InChI=1S/C21H40N4O6S/c1-7-11(3)15(23-18(27)14(22)9-10-32-6)19(28)24-16(12(4)8-2)20(29)25-17(13(5)26)21(30)31/h11-17,26H,7-10,22H2,1-6H3,(H,23,27)(H,24,28)(H,25,29)(H,30,31). The van der Waals surface area contributed by atoms with E-state index in [-0.39, 0.29) is 11.8 Å². The van der Waals surface area contributed by atoms with Crippen molar-refractivity contribution in [1.82, 2.24) is 16.0 Å². The first-order valence-corrected chi connectivity index (χ1v) is 12.4. The van der Waals surface area contributed by atoms with Gasteiger partial charge >= 0.3 is 5.97 Å². The van der Waals surface area contributed by atoms with Gasteiger partial charge in [-0.25, -0.2) is 4.79 Å². The molecule has 32 heavy (non-hydrogen) atoms. The Morgan fingerprint density at radius 1 is 0.844 bits per heavy atom. The van der Waals surface area contributed by atoms with Crippen molar-refractivity contribution in [2.24, 2.45) is 17.6 Å². The Labute approximate surface area is 194 Å². The lowest BCUT2D eigenvalue weighted by Gasteiger charge is -2.30. The molecule has 7 N–H and O–H groups in total. The largest absolute Gasteiger partial charge is 0.480 e. The van der Waals surface area contributed by atoms with Gasteiger partial charge in [-0.2, -0.15) is 11.8 Å². The number of carbonyl (C=O) groups is 4. The molecule has 0 fully saturated rings. The quantitative estimate of drug-likeness (QED) is 0.193. The van der Waals surface area contributed by atoms with E-state index in [0.717, 1.165) is 0 Å². The van der Waals surface area contributed by atoms with Crippen LogP contribution in [0.15, 0.2) is 0 Å². The smallest absolute Gasteiger partial charge is 0.328 e. The van der Waals surface area contributed by atoms with Gasteiger partial charge in [0, 0.05) is 0 Å². The van der Waals surface area contributed by atoms with Gasteiger partial charge in [0.2, 0.25) is 17.7 Å². The minimum absolute atomic E-state index is 0.225. The number of hydrogen-bond donors (Lipinski definition) is 6. The average molecular weight is 477 g/mol. The van der Waals surface area contributed by atoms with Crippen LogP contribution in [-0.4, -0.2) is 76.2 Å². The number of amides is 3. The fourth-order valence-electron chi connectivity index (χ4n) is 2.91. The maximum Gasteiger partial charge on any atom is 0.328 e. The fourth-order valence-corrected chi connectivity index (χ4v) is 3.40. The van der Waals surface area contributed by atoms with E-state index in [1.54, 1.807) is 18.7 Å². The fraction of sp³-hybridized carbons (Fsp3) is 0.810. The molecule has 0 aliphatic heterocycles. The number of aliphatic carboxylic acids is 1. The van der Waals surface area contributed by atoms with E-state index in [9.17, 15) is 29.4 Å². The van der Waals surface area contributed by atoms with Crippen LogP contribution in [0.4, 0.5) is 0 Å². The Morgan fingerprint density at radius 3 is 1.59 bits per heavy atom. The number of hydrogen-bond acceptors (Lipinski definition) is 7. The Balaban J connectivity index is 5.55. The molecule has 0 aliphatic rings. The van der Waals surface area contributed by atoms with E-state index in [4.69, 9.17) is 5.73 Å². The third kappa shape index (κ3) is 9.74. The number of aliphatic hydroxyl groups is 1. The van der Waals surface area contributed by atoms with Crippen LogP contribution in [0.25, 0.3) is 0 Å². The van der Waals surface area contributed by atoms with E-state index in [0.29, 0.717) is 25.0 Å². The predicted octanol–water partition coefficient (Wildman–Crippen LogP) is 0.0788. The van der Waals surface area contributed by atoms with Crippen LogP contribution < -0.4 is 21.7 Å². The Morgan fingerprint density at radius 2 is 1.25 bits per heavy atom. The number of carboxylic acids is 1. The van der Waals surface area contributed by atoms with Crippen molar-refractivity contribution in [3.8, 4) is 0 Å². The van der Waals surface area contributed by atoms with Gasteiger partial charge in [-0.15, -0.1) is 0 Å². The molecule has 0 spiro atoms. The summed E-state index contributed by atoms with van der Waals surface area (Å²) in [4.78, 5) is 49.7. The Kier molecular flexibility index (Phi) is 14.2. The maximum atomic E-state index is 13.1. The molecule has 3 amide bonds. The normalized spacial score (nSPS) is 17.8. The van der Waals surface area contributed by atoms with Gasteiger partial charge < -0.3 is 31.9 Å².